The maximum absolute atomic E-state index is 5.89. The highest BCUT2D eigenvalue weighted by atomic mass is 16.5. The first-order valence-corrected chi connectivity index (χ1v) is 7.06. The SMILES string of the molecule is CCc1ccccc1COCc1ccccc1CC. The summed E-state index contributed by atoms with van der Waals surface area (Å²) in [5, 5.41) is 0. The van der Waals surface area contributed by atoms with E-state index in [0.29, 0.717) is 13.2 Å². The van der Waals surface area contributed by atoms with Crippen LogP contribution in [0.1, 0.15) is 36.1 Å². The van der Waals surface area contributed by atoms with Crippen LogP contribution in [0.5, 0.6) is 0 Å². The molecule has 0 fully saturated rings. The molecule has 0 aliphatic rings. The standard InChI is InChI=1S/C18H22O/c1-3-15-9-5-7-11-17(15)13-19-14-18-12-8-6-10-16(18)4-2/h5-12H,3-4,13-14H2,1-2H3. The van der Waals surface area contributed by atoms with Crippen molar-refractivity contribution in [1.29, 1.82) is 0 Å². The highest BCUT2D eigenvalue weighted by Gasteiger charge is 2.02. The lowest BCUT2D eigenvalue weighted by Gasteiger charge is -2.11. The van der Waals surface area contributed by atoms with Crippen molar-refractivity contribution in [3.63, 3.8) is 0 Å². The van der Waals surface area contributed by atoms with E-state index < -0.39 is 0 Å². The second-order valence-corrected chi connectivity index (χ2v) is 4.74. The number of benzene rings is 2. The molecule has 0 aliphatic carbocycles. The molecule has 1 nitrogen and oxygen atoms in total. The fraction of sp³-hybridized carbons (Fsp3) is 0.333. The van der Waals surface area contributed by atoms with Gasteiger partial charge in [-0.2, -0.15) is 0 Å². The van der Waals surface area contributed by atoms with Gasteiger partial charge in [0.25, 0.3) is 0 Å². The van der Waals surface area contributed by atoms with Gasteiger partial charge >= 0.3 is 0 Å². The van der Waals surface area contributed by atoms with Crippen LogP contribution in [-0.4, -0.2) is 0 Å². The van der Waals surface area contributed by atoms with Crippen LogP contribution in [0.3, 0.4) is 0 Å². The molecular formula is C18H22O. The number of hydrogen-bond acceptors (Lipinski definition) is 1. The maximum Gasteiger partial charge on any atom is 0.0724 e. The normalized spacial score (nSPS) is 10.6. The quantitative estimate of drug-likeness (QED) is 0.736. The Kier molecular flexibility index (Phi) is 5.17. The molecular weight excluding hydrogens is 232 g/mol. The number of rotatable bonds is 6. The van der Waals surface area contributed by atoms with Gasteiger partial charge in [0.15, 0.2) is 0 Å². The second kappa shape index (κ2) is 7.10. The van der Waals surface area contributed by atoms with Crippen LogP contribution < -0.4 is 0 Å². The minimum absolute atomic E-state index is 0.696. The van der Waals surface area contributed by atoms with Gasteiger partial charge in [0, 0.05) is 0 Å². The highest BCUT2D eigenvalue weighted by Crippen LogP contribution is 2.14. The van der Waals surface area contributed by atoms with Crippen molar-refractivity contribution in [2.45, 2.75) is 39.9 Å². The van der Waals surface area contributed by atoms with Crippen LogP contribution in [0.25, 0.3) is 0 Å². The zero-order chi connectivity index (χ0) is 13.5. The summed E-state index contributed by atoms with van der Waals surface area (Å²) in [6, 6.07) is 17.0. The van der Waals surface area contributed by atoms with Crippen LogP contribution in [-0.2, 0) is 30.8 Å². The van der Waals surface area contributed by atoms with E-state index in [4.69, 9.17) is 4.74 Å². The molecule has 0 spiro atoms. The van der Waals surface area contributed by atoms with Gasteiger partial charge in [-0.25, -0.2) is 0 Å². The molecule has 0 unspecified atom stereocenters. The molecule has 0 aliphatic heterocycles. The smallest absolute Gasteiger partial charge is 0.0724 e. The van der Waals surface area contributed by atoms with Crippen molar-refractivity contribution in [1.82, 2.24) is 0 Å². The van der Waals surface area contributed by atoms with Crippen molar-refractivity contribution >= 4 is 0 Å². The summed E-state index contributed by atoms with van der Waals surface area (Å²) in [6.07, 6.45) is 2.12. The molecule has 0 aromatic heterocycles. The topological polar surface area (TPSA) is 9.23 Å². The van der Waals surface area contributed by atoms with E-state index in [2.05, 4.69) is 62.4 Å². The van der Waals surface area contributed by atoms with E-state index in [-0.39, 0.29) is 0 Å². The van der Waals surface area contributed by atoms with Gasteiger partial charge in [0.1, 0.15) is 0 Å². The van der Waals surface area contributed by atoms with Gasteiger partial charge in [-0.05, 0) is 35.1 Å². The maximum atomic E-state index is 5.89. The molecule has 19 heavy (non-hydrogen) atoms. The van der Waals surface area contributed by atoms with Crippen molar-refractivity contribution in [3.05, 3.63) is 70.8 Å². The third-order valence-electron chi connectivity index (χ3n) is 3.51. The summed E-state index contributed by atoms with van der Waals surface area (Å²) in [4.78, 5) is 0. The first-order chi connectivity index (χ1) is 9.35. The molecule has 0 heterocycles. The fourth-order valence-corrected chi connectivity index (χ4v) is 2.36. The van der Waals surface area contributed by atoms with E-state index in [9.17, 15) is 0 Å². The van der Waals surface area contributed by atoms with E-state index in [0.717, 1.165) is 12.8 Å². The Bertz CT molecular complexity index is 469. The van der Waals surface area contributed by atoms with Crippen molar-refractivity contribution in [2.24, 2.45) is 0 Å². The van der Waals surface area contributed by atoms with Gasteiger partial charge in [-0.1, -0.05) is 62.4 Å². The first kappa shape index (κ1) is 13.8. The molecule has 0 radical (unpaired) electrons. The predicted octanol–water partition coefficient (Wildman–Crippen LogP) is 4.53. The van der Waals surface area contributed by atoms with Crippen molar-refractivity contribution in [3.8, 4) is 0 Å². The number of hydrogen-bond donors (Lipinski definition) is 0. The average molecular weight is 254 g/mol. The Hall–Kier alpha value is -1.60. The molecule has 0 saturated heterocycles. The Labute approximate surface area is 116 Å². The van der Waals surface area contributed by atoms with Crippen LogP contribution in [0.2, 0.25) is 0 Å². The van der Waals surface area contributed by atoms with Crippen LogP contribution in [0.4, 0.5) is 0 Å². The van der Waals surface area contributed by atoms with Crippen LogP contribution in [0, 0.1) is 0 Å². The van der Waals surface area contributed by atoms with E-state index in [1.165, 1.54) is 22.3 Å². The molecule has 0 amide bonds. The summed E-state index contributed by atoms with van der Waals surface area (Å²) < 4.78 is 5.89. The van der Waals surface area contributed by atoms with Gasteiger partial charge in [-0.15, -0.1) is 0 Å². The average Bonchev–Trinajstić information content (AvgIpc) is 2.48. The zero-order valence-corrected chi connectivity index (χ0v) is 11.9. The molecule has 0 saturated carbocycles. The van der Waals surface area contributed by atoms with Crippen molar-refractivity contribution < 1.29 is 4.74 Å². The molecule has 1 heteroatoms. The molecule has 2 aromatic carbocycles. The van der Waals surface area contributed by atoms with Crippen LogP contribution in [0.15, 0.2) is 48.5 Å². The Morgan fingerprint density at radius 1 is 0.632 bits per heavy atom. The zero-order valence-electron chi connectivity index (χ0n) is 11.9. The third kappa shape index (κ3) is 3.68. The molecule has 2 aromatic rings. The lowest BCUT2D eigenvalue weighted by Crippen LogP contribution is -2.00. The fourth-order valence-electron chi connectivity index (χ4n) is 2.36. The lowest BCUT2D eigenvalue weighted by atomic mass is 10.1. The molecule has 0 N–H and O–H groups in total. The summed E-state index contributed by atoms with van der Waals surface area (Å²) in [7, 11) is 0. The summed E-state index contributed by atoms with van der Waals surface area (Å²) >= 11 is 0. The lowest BCUT2D eigenvalue weighted by molar-refractivity contribution is 0.106. The van der Waals surface area contributed by atoms with Gasteiger partial charge in [0.2, 0.25) is 0 Å². The van der Waals surface area contributed by atoms with E-state index in [1.807, 2.05) is 0 Å². The third-order valence-corrected chi connectivity index (χ3v) is 3.51. The predicted molar refractivity (Wildman–Crippen MR) is 80.1 cm³/mol. The Morgan fingerprint density at radius 3 is 1.37 bits per heavy atom. The van der Waals surface area contributed by atoms with Gasteiger partial charge in [-0.3, -0.25) is 0 Å². The molecule has 0 bridgehead atoms. The number of aryl methyl sites for hydroxylation is 2. The largest absolute Gasteiger partial charge is 0.372 e. The first-order valence-electron chi connectivity index (χ1n) is 7.06. The monoisotopic (exact) mass is 254 g/mol. The highest BCUT2D eigenvalue weighted by molar-refractivity contribution is 5.27. The van der Waals surface area contributed by atoms with Gasteiger partial charge in [0.05, 0.1) is 13.2 Å². The molecule has 100 valence electrons. The van der Waals surface area contributed by atoms with E-state index in [1.54, 1.807) is 0 Å². The van der Waals surface area contributed by atoms with Gasteiger partial charge < -0.3 is 4.74 Å². The Balaban J connectivity index is 1.96. The number of ether oxygens (including phenoxy) is 1. The minimum Gasteiger partial charge on any atom is -0.372 e. The van der Waals surface area contributed by atoms with Crippen LogP contribution >= 0.6 is 0 Å². The minimum atomic E-state index is 0.696. The Morgan fingerprint density at radius 2 is 1.00 bits per heavy atom. The van der Waals surface area contributed by atoms with E-state index >= 15 is 0 Å². The summed E-state index contributed by atoms with van der Waals surface area (Å²) in [6.45, 7) is 5.76. The molecule has 2 rings (SSSR count). The summed E-state index contributed by atoms with van der Waals surface area (Å²) in [5.74, 6) is 0. The second-order valence-electron chi connectivity index (χ2n) is 4.74. The summed E-state index contributed by atoms with van der Waals surface area (Å²) in [5.41, 5.74) is 5.37. The van der Waals surface area contributed by atoms with Crippen molar-refractivity contribution in [2.75, 3.05) is 0 Å². The molecule has 0 atom stereocenters.